The second kappa shape index (κ2) is 8.62. The summed E-state index contributed by atoms with van der Waals surface area (Å²) in [4.78, 5) is 17.0. The lowest BCUT2D eigenvalue weighted by Gasteiger charge is -2.18. The molecule has 4 heterocycles. The Bertz CT molecular complexity index is 1280. The van der Waals surface area contributed by atoms with Crippen molar-refractivity contribution in [3.05, 3.63) is 72.8 Å². The van der Waals surface area contributed by atoms with Crippen LogP contribution in [0.1, 0.15) is 0 Å². The van der Waals surface area contributed by atoms with Crippen LogP contribution < -0.4 is 0 Å². The molecule has 0 amide bonds. The lowest BCUT2D eigenvalue weighted by molar-refractivity contribution is 1.07. The first kappa shape index (κ1) is 21.7. The van der Waals surface area contributed by atoms with Crippen LogP contribution in [-0.4, -0.2) is 9.16 Å². The Labute approximate surface area is 232 Å². The van der Waals surface area contributed by atoms with E-state index in [1.807, 2.05) is 47.0 Å². The van der Waals surface area contributed by atoms with E-state index in [1.165, 1.54) is 58.7 Å². The molecular formula is C26H14S8. The van der Waals surface area contributed by atoms with Gasteiger partial charge in [-0.15, -0.1) is 47.0 Å². The predicted molar refractivity (Wildman–Crippen MR) is 153 cm³/mol. The van der Waals surface area contributed by atoms with Crippen LogP contribution in [-0.2, 0) is 0 Å². The van der Waals surface area contributed by atoms with Gasteiger partial charge in [0.1, 0.15) is 0 Å². The number of thioether (sulfide) groups is 4. The molecule has 0 atom stereocenters. The molecule has 0 unspecified atom stereocenters. The molecule has 4 aromatic rings. The average molecular weight is 583 g/mol. The van der Waals surface area contributed by atoms with E-state index < -0.39 is 0 Å². The van der Waals surface area contributed by atoms with Gasteiger partial charge in [0.15, 0.2) is 0 Å². The molecule has 0 saturated heterocycles. The van der Waals surface area contributed by atoms with Crippen molar-refractivity contribution in [3.63, 3.8) is 0 Å². The molecule has 8 rings (SSSR count). The van der Waals surface area contributed by atoms with E-state index in [2.05, 4.69) is 120 Å². The van der Waals surface area contributed by atoms with E-state index in [-0.39, 0.29) is 0 Å². The minimum absolute atomic E-state index is 0.535. The first-order valence-electron chi connectivity index (χ1n) is 10.7. The maximum atomic E-state index is 2.44. The monoisotopic (exact) mass is 582 g/mol. The summed E-state index contributed by atoms with van der Waals surface area (Å²) in [6.45, 7) is 0. The summed E-state index contributed by atoms with van der Waals surface area (Å²) in [6.07, 6.45) is 0. The van der Waals surface area contributed by atoms with Crippen molar-refractivity contribution in [2.75, 3.05) is 0 Å². The fourth-order valence-corrected chi connectivity index (χ4v) is 15.5. The lowest BCUT2D eigenvalue weighted by atomic mass is 10.3. The van der Waals surface area contributed by atoms with Gasteiger partial charge in [0, 0.05) is 58.7 Å². The molecule has 8 heteroatoms. The molecule has 0 aromatic heterocycles. The first-order valence-corrected chi connectivity index (χ1v) is 17.5. The van der Waals surface area contributed by atoms with Crippen molar-refractivity contribution < 1.29 is 0 Å². The molecule has 0 fully saturated rings. The molecule has 0 spiro atoms. The summed E-state index contributed by atoms with van der Waals surface area (Å²) in [5.41, 5.74) is 0. The van der Waals surface area contributed by atoms with Gasteiger partial charge in [-0.1, -0.05) is 71.3 Å². The van der Waals surface area contributed by atoms with Crippen LogP contribution in [0.3, 0.4) is 0 Å². The van der Waals surface area contributed by atoms with Crippen molar-refractivity contribution in [2.24, 2.45) is 0 Å². The summed E-state index contributed by atoms with van der Waals surface area (Å²) in [7, 11) is 0. The van der Waals surface area contributed by atoms with Gasteiger partial charge in [0.2, 0.25) is 0 Å². The second-order valence-electron chi connectivity index (χ2n) is 8.00. The molecule has 0 N–H and O–H groups in total. The van der Waals surface area contributed by atoms with Crippen LogP contribution in [0.5, 0.6) is 0 Å². The minimum atomic E-state index is 0.535. The highest BCUT2D eigenvalue weighted by atomic mass is 32.2. The van der Waals surface area contributed by atoms with Gasteiger partial charge < -0.3 is 0 Å². The normalized spacial score (nSPS) is 18.0. The van der Waals surface area contributed by atoms with E-state index in [4.69, 9.17) is 0 Å². The number of benzene rings is 4. The van der Waals surface area contributed by atoms with Crippen LogP contribution in [0.4, 0.5) is 0 Å². The average Bonchev–Trinajstić information content (AvgIpc) is 3.46. The second-order valence-corrected chi connectivity index (χ2v) is 17.7. The molecule has 166 valence electrons. The van der Waals surface area contributed by atoms with Crippen molar-refractivity contribution in [1.29, 1.82) is 0 Å². The Kier molecular flexibility index (Phi) is 5.51. The fraction of sp³-hybridized carbons (Fsp3) is 0.0769. The third kappa shape index (κ3) is 3.71. The van der Waals surface area contributed by atoms with Crippen molar-refractivity contribution in [3.8, 4) is 0 Å². The number of fused-ring (bicyclic) bond motifs is 6. The van der Waals surface area contributed by atoms with Crippen LogP contribution in [0.2, 0.25) is 0 Å². The van der Waals surface area contributed by atoms with Gasteiger partial charge in [-0.05, 0) is 48.5 Å². The quantitative estimate of drug-likeness (QED) is 0.185. The highest BCUT2D eigenvalue weighted by Crippen LogP contribution is 2.63. The SMILES string of the molecule is c1ccc2c(c1)Sc1cc3c(cc1S2)SC(C1Sc2cc4c(cc2S1)Sc1ccccc1S4)S3. The van der Waals surface area contributed by atoms with E-state index in [9.17, 15) is 0 Å². The van der Waals surface area contributed by atoms with E-state index in [1.54, 1.807) is 0 Å². The Morgan fingerprint density at radius 3 is 0.853 bits per heavy atom. The third-order valence-corrected chi connectivity index (χ3v) is 17.3. The molecule has 34 heavy (non-hydrogen) atoms. The zero-order chi connectivity index (χ0) is 22.2. The summed E-state index contributed by atoms with van der Waals surface area (Å²) in [5, 5.41) is 0. The zero-order valence-electron chi connectivity index (χ0n) is 17.3. The molecular weight excluding hydrogens is 569 g/mol. The summed E-state index contributed by atoms with van der Waals surface area (Å²) < 4.78 is 1.07. The van der Waals surface area contributed by atoms with E-state index in [0.717, 1.165) is 0 Å². The Balaban J connectivity index is 1.04. The number of rotatable bonds is 1. The maximum absolute atomic E-state index is 2.44. The highest BCUT2D eigenvalue weighted by molar-refractivity contribution is 8.26. The highest BCUT2D eigenvalue weighted by Gasteiger charge is 2.37. The molecule has 0 saturated carbocycles. The predicted octanol–water partition coefficient (Wildman–Crippen LogP) is 10.7. The smallest absolute Gasteiger partial charge is 0.0814 e. The van der Waals surface area contributed by atoms with Crippen molar-refractivity contribution >= 4 is 94.1 Å². The lowest BCUT2D eigenvalue weighted by Crippen LogP contribution is -2.06. The van der Waals surface area contributed by atoms with Crippen LogP contribution >= 0.6 is 94.1 Å². The van der Waals surface area contributed by atoms with Crippen molar-refractivity contribution in [2.45, 2.75) is 67.9 Å². The van der Waals surface area contributed by atoms with Gasteiger partial charge >= 0.3 is 0 Å². The Morgan fingerprint density at radius 1 is 0.324 bits per heavy atom. The van der Waals surface area contributed by atoms with E-state index in [0.29, 0.717) is 9.16 Å². The topological polar surface area (TPSA) is 0 Å². The van der Waals surface area contributed by atoms with Crippen LogP contribution in [0.15, 0.2) is 132 Å². The standard InChI is InChI=1S/C26H14S8/c1-2-6-14-13(5-1)27-17-9-21-22(10-18(17)28-14)32-25(31-21)26-33-23-11-19-20(12-24(23)34-26)30-16-8-4-3-7-15(16)29-19/h1-12,25-26H. The Hall–Kier alpha value is -0.320. The van der Waals surface area contributed by atoms with Crippen LogP contribution in [0.25, 0.3) is 0 Å². The maximum Gasteiger partial charge on any atom is 0.0814 e. The van der Waals surface area contributed by atoms with Crippen LogP contribution in [0, 0.1) is 0 Å². The summed E-state index contributed by atoms with van der Waals surface area (Å²) in [6, 6.07) is 27.3. The van der Waals surface area contributed by atoms with Gasteiger partial charge in [0.05, 0.1) is 9.16 Å². The number of hydrogen-bond acceptors (Lipinski definition) is 8. The molecule has 0 aliphatic carbocycles. The minimum Gasteiger partial charge on any atom is -0.108 e. The zero-order valence-corrected chi connectivity index (χ0v) is 23.9. The third-order valence-electron chi connectivity index (χ3n) is 5.79. The molecule has 4 aliphatic heterocycles. The van der Waals surface area contributed by atoms with Gasteiger partial charge in [-0.25, -0.2) is 0 Å². The van der Waals surface area contributed by atoms with Gasteiger partial charge in [-0.3, -0.25) is 0 Å². The van der Waals surface area contributed by atoms with Crippen molar-refractivity contribution in [1.82, 2.24) is 0 Å². The van der Waals surface area contributed by atoms with Gasteiger partial charge in [-0.2, -0.15) is 0 Å². The molecule has 4 aromatic carbocycles. The largest absolute Gasteiger partial charge is 0.108 e. The Morgan fingerprint density at radius 2 is 0.588 bits per heavy atom. The number of hydrogen-bond donors (Lipinski definition) is 0. The van der Waals surface area contributed by atoms with Gasteiger partial charge in [0.25, 0.3) is 0 Å². The molecule has 0 bridgehead atoms. The summed E-state index contributed by atoms with van der Waals surface area (Å²) in [5.74, 6) is 0. The van der Waals surface area contributed by atoms with E-state index >= 15 is 0 Å². The summed E-state index contributed by atoms with van der Waals surface area (Å²) >= 11 is 16.0. The fourth-order valence-electron chi connectivity index (χ4n) is 4.22. The molecule has 0 radical (unpaired) electrons. The molecule has 0 nitrogen and oxygen atoms in total. The molecule has 4 aliphatic rings. The first-order chi connectivity index (χ1) is 16.8.